The maximum absolute atomic E-state index is 12.1. The lowest BCUT2D eigenvalue weighted by molar-refractivity contribution is -0.128. The summed E-state index contributed by atoms with van der Waals surface area (Å²) in [6.45, 7) is 4.89. The van der Waals surface area contributed by atoms with Gasteiger partial charge < -0.3 is 10.2 Å². The molecule has 2 saturated heterocycles. The Morgan fingerprint density at radius 1 is 1.12 bits per heavy atom. The number of carbonyl (C=O) groups excluding carboxylic acids is 1. The zero-order valence-corrected chi connectivity index (χ0v) is 14.4. The van der Waals surface area contributed by atoms with Crippen LogP contribution in [0.25, 0.3) is 0 Å². The lowest BCUT2D eigenvalue weighted by Crippen LogP contribution is -2.55. The van der Waals surface area contributed by atoms with Crippen LogP contribution in [0.15, 0.2) is 12.4 Å². The van der Waals surface area contributed by atoms with Crippen LogP contribution in [0.1, 0.15) is 44.2 Å². The Morgan fingerprint density at radius 2 is 1.88 bits per heavy atom. The van der Waals surface area contributed by atoms with E-state index in [2.05, 4.69) is 31.2 Å². The zero-order chi connectivity index (χ0) is 16.5. The topological polar surface area (TPSA) is 61.4 Å². The first-order chi connectivity index (χ1) is 11.7. The summed E-state index contributed by atoms with van der Waals surface area (Å²) in [6, 6.07) is 3.39. The molecule has 1 aromatic heterocycles. The van der Waals surface area contributed by atoms with Gasteiger partial charge >= 0.3 is 0 Å². The van der Waals surface area contributed by atoms with Crippen LogP contribution >= 0.6 is 0 Å². The van der Waals surface area contributed by atoms with Crippen molar-refractivity contribution in [3.05, 3.63) is 18.1 Å². The molecule has 1 saturated carbocycles. The smallest absolute Gasteiger partial charge is 0.237 e. The van der Waals surface area contributed by atoms with Gasteiger partial charge in [0.15, 0.2) is 0 Å². The average Bonchev–Trinajstić information content (AvgIpc) is 3.41. The van der Waals surface area contributed by atoms with Gasteiger partial charge in [0.2, 0.25) is 5.91 Å². The van der Waals surface area contributed by atoms with Crippen LogP contribution in [-0.2, 0) is 4.79 Å². The van der Waals surface area contributed by atoms with Crippen molar-refractivity contribution in [2.75, 3.05) is 24.5 Å². The first kappa shape index (κ1) is 15.8. The summed E-state index contributed by atoms with van der Waals surface area (Å²) in [7, 11) is 0. The van der Waals surface area contributed by atoms with Crippen molar-refractivity contribution < 1.29 is 4.79 Å². The van der Waals surface area contributed by atoms with Crippen molar-refractivity contribution in [1.29, 1.82) is 0 Å². The van der Waals surface area contributed by atoms with E-state index in [1.54, 1.807) is 6.33 Å². The lowest BCUT2D eigenvalue weighted by Gasteiger charge is -2.42. The van der Waals surface area contributed by atoms with Crippen LogP contribution in [0.5, 0.6) is 0 Å². The molecule has 4 rings (SSSR count). The molecule has 2 aliphatic heterocycles. The van der Waals surface area contributed by atoms with Gasteiger partial charge in [-0.05, 0) is 45.4 Å². The molecule has 6 heteroatoms. The Kier molecular flexibility index (Phi) is 4.39. The van der Waals surface area contributed by atoms with Crippen molar-refractivity contribution >= 4 is 11.7 Å². The van der Waals surface area contributed by atoms with Crippen LogP contribution in [-0.4, -0.2) is 58.5 Å². The van der Waals surface area contributed by atoms with Gasteiger partial charge in [0.1, 0.15) is 12.1 Å². The number of hydrogen-bond acceptors (Lipinski definition) is 5. The van der Waals surface area contributed by atoms with E-state index in [1.807, 2.05) is 6.92 Å². The van der Waals surface area contributed by atoms with E-state index in [-0.39, 0.29) is 11.9 Å². The van der Waals surface area contributed by atoms with Gasteiger partial charge in [-0.15, -0.1) is 0 Å². The normalized spacial score (nSPS) is 26.2. The second-order valence-electron chi connectivity index (χ2n) is 7.37. The SMILES string of the molecule is Cc1cc(N(C2CC2)C2CCN(C3CCCNC3=O)CC2)ncn1. The van der Waals surface area contributed by atoms with Crippen molar-refractivity contribution in [2.45, 2.75) is 63.6 Å². The standard InChI is InChI=1S/C18H27N5O/c1-13-11-17(21-12-20-13)23(14-4-5-14)15-6-9-22(10-7-15)16-3-2-8-19-18(16)24/h11-12,14-16H,2-10H2,1H3,(H,19,24). The molecule has 3 fully saturated rings. The van der Waals surface area contributed by atoms with E-state index in [9.17, 15) is 4.79 Å². The summed E-state index contributed by atoms with van der Waals surface area (Å²) >= 11 is 0. The van der Waals surface area contributed by atoms with Crippen LogP contribution in [0.3, 0.4) is 0 Å². The van der Waals surface area contributed by atoms with Crippen molar-refractivity contribution in [1.82, 2.24) is 20.2 Å². The number of amides is 1. The van der Waals surface area contributed by atoms with Gasteiger partial charge in [-0.25, -0.2) is 9.97 Å². The third-order valence-electron chi connectivity index (χ3n) is 5.58. The molecule has 1 atom stereocenters. The van der Waals surface area contributed by atoms with Crippen LogP contribution < -0.4 is 10.2 Å². The Balaban J connectivity index is 1.43. The lowest BCUT2D eigenvalue weighted by atomic mass is 9.97. The molecule has 0 bridgehead atoms. The largest absolute Gasteiger partial charge is 0.355 e. The quantitative estimate of drug-likeness (QED) is 0.907. The Morgan fingerprint density at radius 3 is 2.54 bits per heavy atom. The maximum Gasteiger partial charge on any atom is 0.237 e. The number of nitrogens with zero attached hydrogens (tertiary/aromatic N) is 4. The van der Waals surface area contributed by atoms with Gasteiger partial charge in [0.05, 0.1) is 6.04 Å². The highest BCUT2D eigenvalue weighted by atomic mass is 16.2. The predicted molar refractivity (Wildman–Crippen MR) is 92.9 cm³/mol. The molecule has 1 amide bonds. The van der Waals surface area contributed by atoms with Crippen molar-refractivity contribution in [3.8, 4) is 0 Å². The van der Waals surface area contributed by atoms with Crippen LogP contribution in [0, 0.1) is 6.92 Å². The van der Waals surface area contributed by atoms with Gasteiger partial charge in [0, 0.05) is 43.5 Å². The highest BCUT2D eigenvalue weighted by Crippen LogP contribution is 2.35. The van der Waals surface area contributed by atoms with Gasteiger partial charge in [-0.1, -0.05) is 0 Å². The third kappa shape index (κ3) is 3.24. The predicted octanol–water partition coefficient (Wildman–Crippen LogP) is 1.50. The number of piperidine rings is 2. The van der Waals surface area contributed by atoms with E-state index < -0.39 is 0 Å². The van der Waals surface area contributed by atoms with Crippen LogP contribution in [0.2, 0.25) is 0 Å². The molecule has 6 nitrogen and oxygen atoms in total. The fourth-order valence-electron chi connectivity index (χ4n) is 4.19. The molecule has 24 heavy (non-hydrogen) atoms. The van der Waals surface area contributed by atoms with Crippen molar-refractivity contribution in [2.24, 2.45) is 0 Å². The molecule has 1 aliphatic carbocycles. The summed E-state index contributed by atoms with van der Waals surface area (Å²) in [4.78, 5) is 25.8. The molecule has 0 radical (unpaired) electrons. The average molecular weight is 329 g/mol. The summed E-state index contributed by atoms with van der Waals surface area (Å²) in [5.41, 5.74) is 1.03. The number of aryl methyl sites for hydroxylation is 1. The molecule has 3 aliphatic rings. The molecule has 130 valence electrons. The summed E-state index contributed by atoms with van der Waals surface area (Å²) < 4.78 is 0. The Hall–Kier alpha value is -1.69. The van der Waals surface area contributed by atoms with E-state index in [0.29, 0.717) is 12.1 Å². The van der Waals surface area contributed by atoms with E-state index in [4.69, 9.17) is 0 Å². The molecule has 1 aromatic rings. The highest BCUT2D eigenvalue weighted by molar-refractivity contribution is 5.82. The summed E-state index contributed by atoms with van der Waals surface area (Å²) in [5, 5.41) is 3.02. The monoisotopic (exact) mass is 329 g/mol. The fourth-order valence-corrected chi connectivity index (χ4v) is 4.19. The summed E-state index contributed by atoms with van der Waals surface area (Å²) in [6.07, 6.45) is 8.56. The van der Waals surface area contributed by atoms with Gasteiger partial charge in [-0.2, -0.15) is 0 Å². The minimum atomic E-state index is 0.0929. The number of rotatable bonds is 4. The fraction of sp³-hybridized carbons (Fsp3) is 0.722. The maximum atomic E-state index is 12.1. The number of hydrogen-bond donors (Lipinski definition) is 1. The zero-order valence-electron chi connectivity index (χ0n) is 14.4. The van der Waals surface area contributed by atoms with Gasteiger partial charge in [-0.3, -0.25) is 9.69 Å². The first-order valence-corrected chi connectivity index (χ1v) is 9.31. The molecule has 0 spiro atoms. The van der Waals surface area contributed by atoms with Gasteiger partial charge in [0.25, 0.3) is 0 Å². The van der Waals surface area contributed by atoms with E-state index in [1.165, 1.54) is 12.8 Å². The molecule has 1 N–H and O–H groups in total. The second-order valence-corrected chi connectivity index (χ2v) is 7.37. The number of likely N-dealkylation sites (tertiary alicyclic amines) is 1. The Labute approximate surface area is 143 Å². The molecule has 0 aromatic carbocycles. The first-order valence-electron chi connectivity index (χ1n) is 9.31. The molecule has 1 unspecified atom stereocenters. The molecular formula is C18H27N5O. The third-order valence-corrected chi connectivity index (χ3v) is 5.58. The summed E-state index contributed by atoms with van der Waals surface area (Å²) in [5.74, 6) is 1.31. The molecular weight excluding hydrogens is 302 g/mol. The minimum Gasteiger partial charge on any atom is -0.355 e. The highest BCUT2D eigenvalue weighted by Gasteiger charge is 2.38. The number of carbonyl (C=O) groups is 1. The van der Waals surface area contributed by atoms with Crippen LogP contribution in [0.4, 0.5) is 5.82 Å². The second kappa shape index (κ2) is 6.67. The molecule has 3 heterocycles. The minimum absolute atomic E-state index is 0.0929. The number of aromatic nitrogens is 2. The number of anilines is 1. The van der Waals surface area contributed by atoms with Crippen molar-refractivity contribution in [3.63, 3.8) is 0 Å². The van der Waals surface area contributed by atoms with E-state index in [0.717, 1.165) is 56.8 Å². The van der Waals surface area contributed by atoms with E-state index >= 15 is 0 Å². The Bertz CT molecular complexity index is 595. The number of nitrogens with one attached hydrogen (secondary N) is 1.